The van der Waals surface area contributed by atoms with Crippen LogP contribution in [-0.2, 0) is 4.79 Å². The minimum absolute atomic E-state index is 0.0368. The molecule has 0 spiro atoms. The van der Waals surface area contributed by atoms with Crippen LogP contribution in [0.25, 0.3) is 0 Å². The van der Waals surface area contributed by atoms with Gasteiger partial charge in [-0.25, -0.2) is 0 Å². The number of carbonyl (C=O) groups excluding carboxylic acids is 1. The lowest BCUT2D eigenvalue weighted by Crippen LogP contribution is -2.38. The molecule has 1 N–H and O–H groups in total. The van der Waals surface area contributed by atoms with Crippen LogP contribution in [0.3, 0.4) is 0 Å². The zero-order chi connectivity index (χ0) is 14.6. The van der Waals surface area contributed by atoms with Gasteiger partial charge in [0, 0.05) is 22.6 Å². The average Bonchev–Trinajstić information content (AvgIpc) is 2.31. The summed E-state index contributed by atoms with van der Waals surface area (Å²) < 4.78 is 0.875. The molecule has 0 saturated carbocycles. The second-order valence-electron chi connectivity index (χ2n) is 4.65. The molecule has 0 unspecified atom stereocenters. The number of rotatable bonds is 5. The van der Waals surface area contributed by atoms with Crippen LogP contribution in [0.5, 0.6) is 0 Å². The molecule has 0 aromatic heterocycles. The summed E-state index contributed by atoms with van der Waals surface area (Å²) in [4.78, 5) is 24.7. The summed E-state index contributed by atoms with van der Waals surface area (Å²) in [6.45, 7) is 5.85. The molecule has 0 bridgehead atoms. The van der Waals surface area contributed by atoms with Gasteiger partial charge in [-0.15, -0.1) is 0 Å². The van der Waals surface area contributed by atoms with E-state index in [1.165, 1.54) is 0 Å². The molecule has 1 aromatic carbocycles. The van der Waals surface area contributed by atoms with Crippen molar-refractivity contribution in [2.75, 3.05) is 6.54 Å². The van der Waals surface area contributed by atoms with Crippen LogP contribution in [0.2, 0.25) is 0 Å². The van der Waals surface area contributed by atoms with Gasteiger partial charge in [-0.1, -0.05) is 22.0 Å². The highest BCUT2D eigenvalue weighted by atomic mass is 79.9. The number of hydrogen-bond acceptors (Lipinski definition) is 2. The van der Waals surface area contributed by atoms with Crippen molar-refractivity contribution in [1.82, 2.24) is 4.90 Å². The van der Waals surface area contributed by atoms with Crippen molar-refractivity contribution in [3.8, 4) is 0 Å². The van der Waals surface area contributed by atoms with Crippen molar-refractivity contribution in [2.24, 2.45) is 0 Å². The molecule has 0 atom stereocenters. The molecule has 1 aromatic rings. The van der Waals surface area contributed by atoms with E-state index in [9.17, 15) is 9.59 Å². The molecule has 1 rings (SSSR count). The molecule has 0 heterocycles. The smallest absolute Gasteiger partial charge is 0.305 e. The molecule has 5 heteroatoms. The topological polar surface area (TPSA) is 57.6 Å². The van der Waals surface area contributed by atoms with Crippen LogP contribution in [0.15, 0.2) is 22.7 Å². The van der Waals surface area contributed by atoms with Crippen LogP contribution in [0, 0.1) is 6.92 Å². The number of carboxylic acids is 1. The molecule has 19 heavy (non-hydrogen) atoms. The van der Waals surface area contributed by atoms with Gasteiger partial charge in [0.2, 0.25) is 0 Å². The number of aliphatic carboxylic acids is 1. The number of carboxylic acid groups (broad SMARTS) is 1. The number of benzene rings is 1. The fourth-order valence-corrected chi connectivity index (χ4v) is 2.17. The van der Waals surface area contributed by atoms with E-state index >= 15 is 0 Å². The molecule has 1 amide bonds. The molecule has 104 valence electrons. The van der Waals surface area contributed by atoms with Crippen molar-refractivity contribution in [1.29, 1.82) is 0 Å². The Morgan fingerprint density at radius 3 is 2.53 bits per heavy atom. The van der Waals surface area contributed by atoms with Crippen molar-refractivity contribution >= 4 is 27.8 Å². The van der Waals surface area contributed by atoms with Gasteiger partial charge in [-0.3, -0.25) is 9.59 Å². The van der Waals surface area contributed by atoms with Crippen LogP contribution in [0.4, 0.5) is 0 Å². The van der Waals surface area contributed by atoms with Crippen LogP contribution >= 0.6 is 15.9 Å². The quantitative estimate of drug-likeness (QED) is 0.904. The maximum atomic E-state index is 12.5. The largest absolute Gasteiger partial charge is 0.481 e. The van der Waals surface area contributed by atoms with E-state index in [1.54, 1.807) is 17.0 Å². The third kappa shape index (κ3) is 4.06. The average molecular weight is 328 g/mol. The third-order valence-electron chi connectivity index (χ3n) is 2.95. The Balaban J connectivity index is 2.99. The van der Waals surface area contributed by atoms with Crippen LogP contribution in [-0.4, -0.2) is 34.5 Å². The van der Waals surface area contributed by atoms with Gasteiger partial charge >= 0.3 is 5.97 Å². The second kappa shape index (κ2) is 6.70. The zero-order valence-corrected chi connectivity index (χ0v) is 12.9. The van der Waals surface area contributed by atoms with Gasteiger partial charge in [-0.05, 0) is 38.5 Å². The van der Waals surface area contributed by atoms with Gasteiger partial charge in [-0.2, -0.15) is 0 Å². The Morgan fingerprint density at radius 1 is 1.37 bits per heavy atom. The first kappa shape index (κ1) is 15.7. The van der Waals surface area contributed by atoms with Gasteiger partial charge in [0.15, 0.2) is 0 Å². The molecule has 0 aliphatic rings. The predicted molar refractivity (Wildman–Crippen MR) is 77.3 cm³/mol. The minimum atomic E-state index is -0.899. The summed E-state index contributed by atoms with van der Waals surface area (Å²) in [5.41, 5.74) is 1.47. The highest BCUT2D eigenvalue weighted by molar-refractivity contribution is 9.10. The Labute approximate surface area is 121 Å². The lowest BCUT2D eigenvalue weighted by atomic mass is 10.1. The summed E-state index contributed by atoms with van der Waals surface area (Å²) >= 11 is 3.40. The Hall–Kier alpha value is -1.36. The molecule has 0 aliphatic heterocycles. The highest BCUT2D eigenvalue weighted by Crippen LogP contribution is 2.21. The maximum Gasteiger partial charge on any atom is 0.305 e. The summed E-state index contributed by atoms with van der Waals surface area (Å²) in [7, 11) is 0. The number of hydrogen-bond donors (Lipinski definition) is 1. The minimum Gasteiger partial charge on any atom is -0.481 e. The summed E-state index contributed by atoms with van der Waals surface area (Å²) in [6.07, 6.45) is -0.0447. The maximum absolute atomic E-state index is 12.5. The van der Waals surface area contributed by atoms with Gasteiger partial charge < -0.3 is 10.0 Å². The van der Waals surface area contributed by atoms with Crippen LogP contribution < -0.4 is 0 Å². The van der Waals surface area contributed by atoms with E-state index in [0.717, 1.165) is 10.0 Å². The van der Waals surface area contributed by atoms with Crippen molar-refractivity contribution < 1.29 is 14.7 Å². The van der Waals surface area contributed by atoms with Crippen molar-refractivity contribution in [3.63, 3.8) is 0 Å². The second-order valence-corrected chi connectivity index (χ2v) is 5.50. The first-order chi connectivity index (χ1) is 8.84. The molecule has 0 fully saturated rings. The van der Waals surface area contributed by atoms with E-state index in [4.69, 9.17) is 5.11 Å². The fraction of sp³-hybridized carbons (Fsp3) is 0.429. The normalized spacial score (nSPS) is 10.6. The van der Waals surface area contributed by atoms with E-state index in [2.05, 4.69) is 15.9 Å². The molecule has 0 aliphatic carbocycles. The number of amides is 1. The molecule has 0 saturated heterocycles. The van der Waals surface area contributed by atoms with Gasteiger partial charge in [0.1, 0.15) is 0 Å². The van der Waals surface area contributed by atoms with Gasteiger partial charge in [0.05, 0.1) is 6.42 Å². The van der Waals surface area contributed by atoms with E-state index in [0.29, 0.717) is 5.56 Å². The first-order valence-electron chi connectivity index (χ1n) is 6.12. The standard InChI is InChI=1S/C14H18BrNO3/c1-9(2)16(8-7-13(17)18)14(19)11-5-4-6-12(15)10(11)3/h4-6,9H,7-8H2,1-3H3,(H,17,18). The number of carbonyl (C=O) groups is 2. The third-order valence-corrected chi connectivity index (χ3v) is 3.81. The molecule has 0 radical (unpaired) electrons. The predicted octanol–water partition coefficient (Wildman–Crippen LogP) is 3.08. The Bertz CT molecular complexity index is 486. The number of halogens is 1. The fourth-order valence-electron chi connectivity index (χ4n) is 1.80. The number of nitrogens with zero attached hydrogens (tertiary/aromatic N) is 1. The van der Waals surface area contributed by atoms with E-state index in [1.807, 2.05) is 26.8 Å². The van der Waals surface area contributed by atoms with E-state index in [-0.39, 0.29) is 24.9 Å². The highest BCUT2D eigenvalue weighted by Gasteiger charge is 2.21. The summed E-state index contributed by atoms with van der Waals surface area (Å²) in [6, 6.07) is 5.41. The Morgan fingerprint density at radius 2 is 2.00 bits per heavy atom. The lowest BCUT2D eigenvalue weighted by molar-refractivity contribution is -0.137. The summed E-state index contributed by atoms with van der Waals surface area (Å²) in [5, 5.41) is 8.75. The van der Waals surface area contributed by atoms with Crippen molar-refractivity contribution in [2.45, 2.75) is 33.2 Å². The lowest BCUT2D eigenvalue weighted by Gasteiger charge is -2.27. The van der Waals surface area contributed by atoms with Gasteiger partial charge in [0.25, 0.3) is 5.91 Å². The Kier molecular flexibility index (Phi) is 5.54. The zero-order valence-electron chi connectivity index (χ0n) is 11.3. The summed E-state index contributed by atoms with van der Waals surface area (Å²) in [5.74, 6) is -1.03. The monoisotopic (exact) mass is 327 g/mol. The molecular weight excluding hydrogens is 310 g/mol. The van der Waals surface area contributed by atoms with E-state index < -0.39 is 5.97 Å². The first-order valence-corrected chi connectivity index (χ1v) is 6.91. The molecule has 4 nitrogen and oxygen atoms in total. The molecular formula is C14H18BrNO3. The SMILES string of the molecule is Cc1c(Br)cccc1C(=O)N(CCC(=O)O)C(C)C. The van der Waals surface area contributed by atoms with Crippen molar-refractivity contribution in [3.05, 3.63) is 33.8 Å². The van der Waals surface area contributed by atoms with Crippen LogP contribution in [0.1, 0.15) is 36.2 Å².